The maximum atomic E-state index is 12.8. The van der Waals surface area contributed by atoms with E-state index in [0.29, 0.717) is 10.8 Å². The highest BCUT2D eigenvalue weighted by Crippen LogP contribution is 2.19. The molecule has 1 aromatic carbocycles. The smallest absolute Gasteiger partial charge is 0.170 e. The van der Waals surface area contributed by atoms with Crippen molar-refractivity contribution in [2.75, 3.05) is 11.9 Å². The standard InChI is InChI=1S/C10H12ClFN2S/c1-2-5-13-10(15)14-7-3-4-9(12)8(11)6-7/h3-4,6H,2,5H2,1H3,(H2,13,14,15). The van der Waals surface area contributed by atoms with Crippen LogP contribution in [0.4, 0.5) is 10.1 Å². The summed E-state index contributed by atoms with van der Waals surface area (Å²) in [7, 11) is 0. The first-order valence-electron chi connectivity index (χ1n) is 4.63. The summed E-state index contributed by atoms with van der Waals surface area (Å²) in [5.74, 6) is -0.436. The van der Waals surface area contributed by atoms with Crippen LogP contribution in [0.25, 0.3) is 0 Å². The Bertz CT molecular complexity index is 357. The first-order chi connectivity index (χ1) is 7.13. The molecule has 0 heterocycles. The lowest BCUT2D eigenvalue weighted by Gasteiger charge is -2.09. The Kier molecular flexibility index (Phi) is 4.78. The SMILES string of the molecule is CCCNC(=S)Nc1ccc(F)c(Cl)c1. The Morgan fingerprint density at radius 2 is 2.27 bits per heavy atom. The first-order valence-corrected chi connectivity index (χ1v) is 5.42. The fourth-order valence-electron chi connectivity index (χ4n) is 0.988. The number of rotatable bonds is 3. The number of benzene rings is 1. The third kappa shape index (κ3) is 4.01. The summed E-state index contributed by atoms with van der Waals surface area (Å²) in [6, 6.07) is 4.38. The Balaban J connectivity index is 2.57. The Morgan fingerprint density at radius 3 is 2.87 bits per heavy atom. The Labute approximate surface area is 98.8 Å². The summed E-state index contributed by atoms with van der Waals surface area (Å²) in [6.45, 7) is 2.85. The molecule has 82 valence electrons. The lowest BCUT2D eigenvalue weighted by Crippen LogP contribution is -2.28. The Morgan fingerprint density at radius 1 is 1.53 bits per heavy atom. The molecule has 0 radical (unpaired) electrons. The second-order valence-electron chi connectivity index (χ2n) is 3.01. The van der Waals surface area contributed by atoms with Crippen molar-refractivity contribution in [3.63, 3.8) is 0 Å². The van der Waals surface area contributed by atoms with E-state index in [2.05, 4.69) is 10.6 Å². The van der Waals surface area contributed by atoms with Crippen LogP contribution in [0.5, 0.6) is 0 Å². The number of hydrogen-bond acceptors (Lipinski definition) is 1. The Hall–Kier alpha value is -0.870. The molecule has 0 spiro atoms. The summed E-state index contributed by atoms with van der Waals surface area (Å²) in [5, 5.41) is 6.51. The van der Waals surface area contributed by atoms with Crippen LogP contribution in [0.3, 0.4) is 0 Å². The van der Waals surface area contributed by atoms with Gasteiger partial charge in [-0.15, -0.1) is 0 Å². The summed E-state index contributed by atoms with van der Waals surface area (Å²) < 4.78 is 12.8. The molecular formula is C10H12ClFN2S. The fourth-order valence-corrected chi connectivity index (χ4v) is 1.39. The molecule has 0 atom stereocenters. The van der Waals surface area contributed by atoms with Crippen molar-refractivity contribution in [1.29, 1.82) is 0 Å². The molecule has 2 nitrogen and oxygen atoms in total. The number of nitrogens with one attached hydrogen (secondary N) is 2. The van der Waals surface area contributed by atoms with Crippen molar-refractivity contribution < 1.29 is 4.39 Å². The second-order valence-corrected chi connectivity index (χ2v) is 3.83. The van der Waals surface area contributed by atoms with Crippen molar-refractivity contribution in [1.82, 2.24) is 5.32 Å². The molecule has 1 rings (SSSR count). The van der Waals surface area contributed by atoms with Gasteiger partial charge in [-0.3, -0.25) is 0 Å². The highest BCUT2D eigenvalue weighted by Gasteiger charge is 2.01. The first kappa shape index (κ1) is 12.2. The maximum absolute atomic E-state index is 12.8. The van der Waals surface area contributed by atoms with Gasteiger partial charge >= 0.3 is 0 Å². The van der Waals surface area contributed by atoms with Crippen LogP contribution in [0, 0.1) is 5.82 Å². The van der Waals surface area contributed by atoms with E-state index in [-0.39, 0.29) is 5.02 Å². The molecule has 0 aliphatic rings. The largest absolute Gasteiger partial charge is 0.362 e. The number of halogens is 2. The minimum atomic E-state index is -0.436. The average Bonchev–Trinajstić information content (AvgIpc) is 2.20. The fraction of sp³-hybridized carbons (Fsp3) is 0.300. The quantitative estimate of drug-likeness (QED) is 0.801. The van der Waals surface area contributed by atoms with Gasteiger partial charge in [0.05, 0.1) is 5.02 Å². The van der Waals surface area contributed by atoms with E-state index >= 15 is 0 Å². The van der Waals surface area contributed by atoms with E-state index in [1.54, 1.807) is 6.07 Å². The van der Waals surface area contributed by atoms with Crippen molar-refractivity contribution >= 4 is 34.6 Å². The maximum Gasteiger partial charge on any atom is 0.170 e. The molecule has 0 aliphatic carbocycles. The van der Waals surface area contributed by atoms with Crippen molar-refractivity contribution in [2.24, 2.45) is 0 Å². The van der Waals surface area contributed by atoms with Crippen LogP contribution < -0.4 is 10.6 Å². The minimum Gasteiger partial charge on any atom is -0.362 e. The highest BCUT2D eigenvalue weighted by molar-refractivity contribution is 7.80. The topological polar surface area (TPSA) is 24.1 Å². The van der Waals surface area contributed by atoms with Gasteiger partial charge in [0, 0.05) is 12.2 Å². The molecule has 0 saturated heterocycles. The van der Waals surface area contributed by atoms with Gasteiger partial charge in [-0.25, -0.2) is 4.39 Å². The van der Waals surface area contributed by atoms with Crippen LogP contribution in [-0.2, 0) is 0 Å². The van der Waals surface area contributed by atoms with E-state index in [1.807, 2.05) is 6.92 Å². The monoisotopic (exact) mass is 246 g/mol. The van der Waals surface area contributed by atoms with E-state index in [4.69, 9.17) is 23.8 Å². The van der Waals surface area contributed by atoms with Gasteiger partial charge < -0.3 is 10.6 Å². The van der Waals surface area contributed by atoms with Crippen LogP contribution >= 0.6 is 23.8 Å². The van der Waals surface area contributed by atoms with E-state index < -0.39 is 5.82 Å². The van der Waals surface area contributed by atoms with Crippen LogP contribution in [-0.4, -0.2) is 11.7 Å². The minimum absolute atomic E-state index is 0.0818. The van der Waals surface area contributed by atoms with Crippen LogP contribution in [0.1, 0.15) is 13.3 Å². The van der Waals surface area contributed by atoms with E-state index in [0.717, 1.165) is 13.0 Å². The zero-order valence-electron chi connectivity index (χ0n) is 8.31. The summed E-state index contributed by atoms with van der Waals surface area (Å²) in [5.41, 5.74) is 0.676. The molecule has 15 heavy (non-hydrogen) atoms. The molecule has 0 amide bonds. The van der Waals surface area contributed by atoms with Gasteiger partial charge in [0.15, 0.2) is 5.11 Å². The third-order valence-electron chi connectivity index (χ3n) is 1.71. The molecule has 0 bridgehead atoms. The van der Waals surface area contributed by atoms with Crippen molar-refractivity contribution in [3.8, 4) is 0 Å². The molecule has 5 heteroatoms. The second kappa shape index (κ2) is 5.88. The third-order valence-corrected chi connectivity index (χ3v) is 2.25. The van der Waals surface area contributed by atoms with E-state index in [9.17, 15) is 4.39 Å². The number of anilines is 1. The molecule has 0 aliphatic heterocycles. The molecule has 0 aromatic heterocycles. The summed E-state index contributed by atoms with van der Waals surface area (Å²) >= 11 is 10.6. The molecule has 0 fully saturated rings. The van der Waals surface area contributed by atoms with Crippen molar-refractivity contribution in [3.05, 3.63) is 29.0 Å². The van der Waals surface area contributed by atoms with Gasteiger partial charge in [-0.05, 0) is 36.8 Å². The molecule has 0 unspecified atom stereocenters. The molecular weight excluding hydrogens is 235 g/mol. The lowest BCUT2D eigenvalue weighted by atomic mass is 10.3. The molecule has 2 N–H and O–H groups in total. The van der Waals surface area contributed by atoms with Gasteiger partial charge in [-0.2, -0.15) is 0 Å². The summed E-state index contributed by atoms with van der Waals surface area (Å²) in [6.07, 6.45) is 0.992. The predicted molar refractivity (Wildman–Crippen MR) is 65.9 cm³/mol. The van der Waals surface area contributed by atoms with Gasteiger partial charge in [-0.1, -0.05) is 18.5 Å². The van der Waals surface area contributed by atoms with Crippen LogP contribution in [0.15, 0.2) is 18.2 Å². The van der Waals surface area contributed by atoms with Gasteiger partial charge in [0.1, 0.15) is 5.82 Å². The number of thiocarbonyl (C=S) groups is 1. The average molecular weight is 247 g/mol. The predicted octanol–water partition coefficient (Wildman–Crippen LogP) is 3.18. The van der Waals surface area contributed by atoms with Crippen LogP contribution in [0.2, 0.25) is 5.02 Å². The highest BCUT2D eigenvalue weighted by atomic mass is 35.5. The van der Waals surface area contributed by atoms with Gasteiger partial charge in [0.25, 0.3) is 0 Å². The van der Waals surface area contributed by atoms with Gasteiger partial charge in [0.2, 0.25) is 0 Å². The number of hydrogen-bond donors (Lipinski definition) is 2. The van der Waals surface area contributed by atoms with Crippen molar-refractivity contribution in [2.45, 2.75) is 13.3 Å². The van der Waals surface area contributed by atoms with E-state index in [1.165, 1.54) is 12.1 Å². The molecule has 1 aromatic rings. The zero-order chi connectivity index (χ0) is 11.3. The lowest BCUT2D eigenvalue weighted by molar-refractivity contribution is 0.628. The molecule has 0 saturated carbocycles. The normalized spacial score (nSPS) is 9.80. The zero-order valence-corrected chi connectivity index (χ0v) is 9.88. The summed E-state index contributed by atoms with van der Waals surface area (Å²) in [4.78, 5) is 0.